The fourth-order valence-electron chi connectivity index (χ4n) is 5.17. The van der Waals surface area contributed by atoms with Gasteiger partial charge in [0.15, 0.2) is 17.1 Å². The molecule has 4 heterocycles. The van der Waals surface area contributed by atoms with Gasteiger partial charge in [-0.1, -0.05) is 6.07 Å². The van der Waals surface area contributed by atoms with Crippen LogP contribution in [0.2, 0.25) is 0 Å². The summed E-state index contributed by atoms with van der Waals surface area (Å²) >= 11 is 0. The van der Waals surface area contributed by atoms with Crippen molar-refractivity contribution < 1.29 is 23.5 Å². The molecule has 0 aliphatic carbocycles. The minimum atomic E-state index is -0.518. The number of methoxy groups -OCH3 is 1. The van der Waals surface area contributed by atoms with E-state index >= 15 is 0 Å². The molecule has 2 aliphatic rings. The number of hydrogen-bond acceptors (Lipinski definition) is 6. The zero-order valence-corrected chi connectivity index (χ0v) is 21.2. The zero-order valence-electron chi connectivity index (χ0n) is 21.2. The molecule has 1 N–H and O–H groups in total. The van der Waals surface area contributed by atoms with Crippen LogP contribution in [0.5, 0.6) is 11.5 Å². The molecule has 0 saturated heterocycles. The first-order valence-corrected chi connectivity index (χ1v) is 12.6. The lowest BCUT2D eigenvalue weighted by atomic mass is 10.1. The molecule has 3 aromatic rings. The normalized spacial score (nSPS) is 18.5. The van der Waals surface area contributed by atoms with E-state index in [9.17, 15) is 18.8 Å². The maximum Gasteiger partial charge on any atom is 0.280 e. The van der Waals surface area contributed by atoms with E-state index in [0.717, 1.165) is 17.5 Å². The van der Waals surface area contributed by atoms with Crippen molar-refractivity contribution in [3.63, 3.8) is 0 Å². The number of fused-ring (bicyclic) bond motifs is 7. The van der Waals surface area contributed by atoms with Gasteiger partial charge in [0.05, 0.1) is 25.8 Å². The summed E-state index contributed by atoms with van der Waals surface area (Å²) in [6.45, 7) is 5.47. The summed E-state index contributed by atoms with van der Waals surface area (Å²) in [6, 6.07) is 3.90. The van der Waals surface area contributed by atoms with Crippen molar-refractivity contribution in [2.45, 2.75) is 45.7 Å². The Bertz CT molecular complexity index is 1450. The molecule has 1 atom stereocenters. The van der Waals surface area contributed by atoms with Crippen LogP contribution in [0.1, 0.15) is 65.7 Å². The zero-order chi connectivity index (χ0) is 26.3. The second-order valence-corrected chi connectivity index (χ2v) is 9.40. The minimum Gasteiger partial charge on any atom is -0.493 e. The van der Waals surface area contributed by atoms with Crippen molar-refractivity contribution >= 4 is 22.7 Å². The Balaban J connectivity index is 1.80. The van der Waals surface area contributed by atoms with E-state index in [0.29, 0.717) is 44.0 Å². The monoisotopic (exact) mass is 511 g/mol. The maximum absolute atomic E-state index is 14.0. The molecule has 0 fully saturated rings. The van der Waals surface area contributed by atoms with Crippen molar-refractivity contribution in [2.75, 3.05) is 33.4 Å². The SMILES string of the molecule is CCN1CC(C)n2c(c(OC)c3c(=O)n4nc(c32)C(=O)NCCCCCOc2cc(F)ccc2C4)C1=O. The van der Waals surface area contributed by atoms with Gasteiger partial charge in [0.25, 0.3) is 17.4 Å². The fourth-order valence-corrected chi connectivity index (χ4v) is 5.17. The Kier molecular flexibility index (Phi) is 6.61. The molecule has 1 aromatic carbocycles. The van der Waals surface area contributed by atoms with Crippen LogP contribution in [-0.2, 0) is 6.54 Å². The van der Waals surface area contributed by atoms with E-state index in [-0.39, 0.29) is 46.5 Å². The van der Waals surface area contributed by atoms with Gasteiger partial charge in [-0.25, -0.2) is 9.07 Å². The van der Waals surface area contributed by atoms with Gasteiger partial charge in [0.1, 0.15) is 17.0 Å². The molecule has 2 aliphatic heterocycles. The van der Waals surface area contributed by atoms with Gasteiger partial charge in [-0.3, -0.25) is 14.4 Å². The predicted molar refractivity (Wildman–Crippen MR) is 134 cm³/mol. The van der Waals surface area contributed by atoms with Crippen molar-refractivity contribution in [1.29, 1.82) is 0 Å². The number of carbonyl (C=O) groups is 2. The Labute approximate surface area is 212 Å². The highest BCUT2D eigenvalue weighted by molar-refractivity contribution is 6.10. The molecule has 0 spiro atoms. The molecule has 1 unspecified atom stereocenters. The number of amides is 2. The molecular weight excluding hydrogens is 481 g/mol. The van der Waals surface area contributed by atoms with Crippen LogP contribution in [0.3, 0.4) is 0 Å². The van der Waals surface area contributed by atoms with Crippen LogP contribution >= 0.6 is 0 Å². The van der Waals surface area contributed by atoms with Crippen LogP contribution in [0.25, 0.3) is 10.9 Å². The first-order valence-electron chi connectivity index (χ1n) is 12.6. The third-order valence-electron chi connectivity index (χ3n) is 6.98. The first-order chi connectivity index (χ1) is 17.8. The molecule has 196 valence electrons. The molecule has 11 heteroatoms. The molecule has 2 bridgehead atoms. The van der Waals surface area contributed by atoms with Crippen LogP contribution in [-0.4, -0.2) is 64.4 Å². The average Bonchev–Trinajstić information content (AvgIpc) is 3.24. The van der Waals surface area contributed by atoms with Gasteiger partial charge in [-0.05, 0) is 39.2 Å². The number of likely N-dealkylation sites (N-methyl/N-ethyl adjacent to an activating group) is 1. The summed E-state index contributed by atoms with van der Waals surface area (Å²) in [5.41, 5.74) is 0.571. The molecule has 2 aromatic heterocycles. The summed E-state index contributed by atoms with van der Waals surface area (Å²) in [6.07, 6.45) is 2.25. The molecule has 5 rings (SSSR count). The second kappa shape index (κ2) is 9.87. The summed E-state index contributed by atoms with van der Waals surface area (Å²) < 4.78 is 28.4. The molecule has 10 nitrogen and oxygen atoms in total. The summed E-state index contributed by atoms with van der Waals surface area (Å²) in [5.74, 6) is -0.720. The van der Waals surface area contributed by atoms with Crippen molar-refractivity contribution in [2.24, 2.45) is 0 Å². The van der Waals surface area contributed by atoms with E-state index in [1.165, 1.54) is 19.2 Å². The molecule has 0 saturated carbocycles. The topological polar surface area (TPSA) is 108 Å². The highest BCUT2D eigenvalue weighted by atomic mass is 19.1. The number of ether oxygens (including phenoxy) is 2. The lowest BCUT2D eigenvalue weighted by molar-refractivity contribution is 0.0684. The van der Waals surface area contributed by atoms with Gasteiger partial charge in [-0.2, -0.15) is 5.10 Å². The van der Waals surface area contributed by atoms with Crippen LogP contribution in [0.4, 0.5) is 4.39 Å². The summed E-state index contributed by atoms with van der Waals surface area (Å²) in [5, 5.41) is 7.51. The third kappa shape index (κ3) is 4.21. The van der Waals surface area contributed by atoms with Crippen LogP contribution in [0, 0.1) is 5.82 Å². The first kappa shape index (κ1) is 24.8. The largest absolute Gasteiger partial charge is 0.493 e. The number of halogens is 1. The lowest BCUT2D eigenvalue weighted by Gasteiger charge is -2.32. The highest BCUT2D eigenvalue weighted by Crippen LogP contribution is 2.38. The smallest absolute Gasteiger partial charge is 0.280 e. The quantitative estimate of drug-likeness (QED) is 0.567. The number of nitrogens with zero attached hydrogens (tertiary/aromatic N) is 4. The average molecular weight is 512 g/mol. The van der Waals surface area contributed by atoms with Gasteiger partial charge in [0, 0.05) is 37.3 Å². The number of aromatic nitrogens is 3. The van der Waals surface area contributed by atoms with Crippen LogP contribution < -0.4 is 20.3 Å². The summed E-state index contributed by atoms with van der Waals surface area (Å²) in [4.78, 5) is 42.4. The molecule has 0 radical (unpaired) electrons. The lowest BCUT2D eigenvalue weighted by Crippen LogP contribution is -2.42. The Morgan fingerprint density at radius 1 is 1.22 bits per heavy atom. The minimum absolute atomic E-state index is 0.0328. The fraction of sp³-hybridized carbons (Fsp3) is 0.462. The van der Waals surface area contributed by atoms with Crippen molar-refractivity contribution in [1.82, 2.24) is 24.6 Å². The van der Waals surface area contributed by atoms with Crippen LogP contribution in [0.15, 0.2) is 23.0 Å². The van der Waals surface area contributed by atoms with E-state index in [4.69, 9.17) is 9.47 Å². The third-order valence-corrected chi connectivity index (χ3v) is 6.98. The van der Waals surface area contributed by atoms with E-state index < -0.39 is 17.3 Å². The van der Waals surface area contributed by atoms with Gasteiger partial charge in [0.2, 0.25) is 0 Å². The molecule has 37 heavy (non-hydrogen) atoms. The number of carbonyl (C=O) groups excluding carboxylic acids is 2. The van der Waals surface area contributed by atoms with Gasteiger partial charge >= 0.3 is 0 Å². The van der Waals surface area contributed by atoms with Crippen molar-refractivity contribution in [3.8, 4) is 11.5 Å². The predicted octanol–water partition coefficient (Wildman–Crippen LogP) is 2.72. The number of rotatable bonds is 2. The Morgan fingerprint density at radius 2 is 2.03 bits per heavy atom. The number of benzene rings is 1. The Hall–Kier alpha value is -3.89. The van der Waals surface area contributed by atoms with Crippen molar-refractivity contribution in [3.05, 3.63) is 51.3 Å². The highest BCUT2D eigenvalue weighted by Gasteiger charge is 2.38. The Morgan fingerprint density at radius 3 is 2.78 bits per heavy atom. The van der Waals surface area contributed by atoms with Gasteiger partial charge < -0.3 is 24.3 Å². The molecular formula is C26H30FN5O5. The number of hydrogen-bond donors (Lipinski definition) is 1. The summed E-state index contributed by atoms with van der Waals surface area (Å²) in [7, 11) is 1.40. The maximum atomic E-state index is 14.0. The van der Waals surface area contributed by atoms with E-state index in [1.807, 2.05) is 13.8 Å². The van der Waals surface area contributed by atoms with E-state index in [2.05, 4.69) is 10.4 Å². The molecule has 2 amide bonds. The van der Waals surface area contributed by atoms with E-state index in [1.54, 1.807) is 15.5 Å². The second-order valence-electron chi connectivity index (χ2n) is 9.40. The standard InChI is InChI=1S/C26H30FN5O5/c1-4-30-13-15(2)32-21-19(23(36-3)22(32)26(30)35)25(34)31-14-16-8-9-17(27)12-18(16)37-11-7-5-6-10-28-24(33)20(21)29-31/h8-9,12,15H,4-7,10-11,13-14H2,1-3H3,(H,28,33). The number of nitrogens with one attached hydrogen (secondary N) is 1. The van der Waals surface area contributed by atoms with Gasteiger partial charge in [-0.15, -0.1) is 0 Å².